The molecule has 4 N–H and O–H groups in total. The van der Waals surface area contributed by atoms with Gasteiger partial charge in [0.1, 0.15) is 32.0 Å². The second-order valence-corrected chi connectivity index (χ2v) is 12.9. The molecule has 0 aromatic carbocycles. The molecule has 13 heteroatoms. The average molecular weight is 549 g/mol. The van der Waals surface area contributed by atoms with E-state index in [1.54, 1.807) is 20.8 Å². The fourth-order valence-electron chi connectivity index (χ4n) is 3.74. The van der Waals surface area contributed by atoms with Crippen LogP contribution in [-0.4, -0.2) is 99.4 Å². The van der Waals surface area contributed by atoms with Crippen molar-refractivity contribution in [2.24, 2.45) is 16.2 Å². The molecule has 2 saturated heterocycles. The predicted octanol–water partition coefficient (Wildman–Crippen LogP) is -0.410. The van der Waals surface area contributed by atoms with Crippen molar-refractivity contribution in [2.45, 2.75) is 97.6 Å². The predicted molar refractivity (Wildman–Crippen MR) is 127 cm³/mol. The van der Waals surface area contributed by atoms with Gasteiger partial charge in [0.2, 0.25) is 11.4 Å². The second kappa shape index (κ2) is 10.0. The molecule has 0 saturated carbocycles. The van der Waals surface area contributed by atoms with Crippen LogP contribution in [-0.2, 0) is 42.9 Å². The van der Waals surface area contributed by atoms with E-state index >= 15 is 0 Å². The molecule has 0 unspecified atom stereocenters. The monoisotopic (exact) mass is 548 g/mol. The minimum absolute atomic E-state index is 0.720. The third-order valence-electron chi connectivity index (χ3n) is 6.28. The molecule has 0 aromatic heterocycles. The van der Waals surface area contributed by atoms with E-state index in [1.807, 2.05) is 0 Å². The minimum atomic E-state index is -2.92. The van der Waals surface area contributed by atoms with Crippen molar-refractivity contribution >= 4 is 23.9 Å². The SMILES string of the molecule is CC(C)(C)C(=O)OC[C@H]1OC(=O)[C@]2(O[C@@](O)(COC(=O)C(C)(C)C)[C@H](O)[C@@H]2O)[C@]1(O)COC(=O)C(C)(C)C. The van der Waals surface area contributed by atoms with Gasteiger partial charge < -0.3 is 44.1 Å². The number of carbonyl (C=O) groups is 4. The van der Waals surface area contributed by atoms with Crippen molar-refractivity contribution in [1.82, 2.24) is 0 Å². The van der Waals surface area contributed by atoms with Gasteiger partial charge in [-0.25, -0.2) is 4.79 Å². The number of aliphatic hydroxyl groups is 4. The first-order valence-electron chi connectivity index (χ1n) is 12.2. The molecule has 2 aliphatic heterocycles. The molecular formula is C25H40O13. The maximum Gasteiger partial charge on any atom is 0.345 e. The summed E-state index contributed by atoms with van der Waals surface area (Å²) in [6.07, 6.45) is -6.39. The lowest BCUT2D eigenvalue weighted by molar-refractivity contribution is -0.291. The fraction of sp³-hybridized carbons (Fsp3) is 0.840. The van der Waals surface area contributed by atoms with Gasteiger partial charge >= 0.3 is 23.9 Å². The molecule has 0 aliphatic carbocycles. The zero-order valence-electron chi connectivity index (χ0n) is 23.3. The molecule has 2 fully saturated rings. The Balaban J connectivity index is 2.48. The Bertz CT molecular complexity index is 956. The van der Waals surface area contributed by atoms with Crippen LogP contribution < -0.4 is 0 Å². The molecule has 1 spiro atoms. The van der Waals surface area contributed by atoms with E-state index in [-0.39, 0.29) is 0 Å². The number of esters is 4. The Hall–Kier alpha value is -2.32. The van der Waals surface area contributed by atoms with Crippen molar-refractivity contribution in [1.29, 1.82) is 0 Å². The topological polar surface area (TPSA) is 195 Å². The van der Waals surface area contributed by atoms with Gasteiger partial charge in [0.25, 0.3) is 0 Å². The van der Waals surface area contributed by atoms with Crippen LogP contribution in [0.4, 0.5) is 0 Å². The number of aliphatic hydroxyl groups excluding tert-OH is 2. The zero-order valence-corrected chi connectivity index (χ0v) is 23.3. The highest BCUT2D eigenvalue weighted by molar-refractivity contribution is 5.87. The molecule has 2 heterocycles. The van der Waals surface area contributed by atoms with Crippen LogP contribution in [0.1, 0.15) is 62.3 Å². The van der Waals surface area contributed by atoms with Gasteiger partial charge in [-0.1, -0.05) is 0 Å². The van der Waals surface area contributed by atoms with E-state index in [2.05, 4.69) is 0 Å². The minimum Gasteiger partial charge on any atom is -0.462 e. The number of rotatable bonds is 6. The first kappa shape index (κ1) is 31.9. The lowest BCUT2D eigenvalue weighted by atomic mass is 9.77. The summed E-state index contributed by atoms with van der Waals surface area (Å²) in [6, 6.07) is 0. The van der Waals surface area contributed by atoms with E-state index in [9.17, 15) is 39.6 Å². The highest BCUT2D eigenvalue weighted by atomic mass is 16.7. The summed E-state index contributed by atoms with van der Waals surface area (Å²) >= 11 is 0. The summed E-state index contributed by atoms with van der Waals surface area (Å²) in [6.45, 7) is 11.1. The van der Waals surface area contributed by atoms with Gasteiger partial charge in [0, 0.05) is 0 Å². The van der Waals surface area contributed by atoms with Crippen molar-refractivity contribution in [3.8, 4) is 0 Å². The van der Waals surface area contributed by atoms with Crippen LogP contribution in [0.25, 0.3) is 0 Å². The Morgan fingerprint density at radius 1 is 0.763 bits per heavy atom. The summed E-state index contributed by atoms with van der Waals surface area (Å²) in [4.78, 5) is 50.2. The Kier molecular flexibility index (Phi) is 8.40. The van der Waals surface area contributed by atoms with Crippen molar-refractivity contribution in [3.63, 3.8) is 0 Å². The zero-order chi connectivity index (χ0) is 29.7. The molecule has 6 atom stereocenters. The largest absolute Gasteiger partial charge is 0.462 e. The van der Waals surface area contributed by atoms with E-state index in [0.717, 1.165) is 0 Å². The number of carbonyl (C=O) groups excluding carboxylic acids is 4. The Morgan fingerprint density at radius 3 is 1.63 bits per heavy atom. The van der Waals surface area contributed by atoms with E-state index in [0.29, 0.717) is 0 Å². The van der Waals surface area contributed by atoms with Crippen LogP contribution in [0.2, 0.25) is 0 Å². The molecule has 0 bridgehead atoms. The third-order valence-corrected chi connectivity index (χ3v) is 6.28. The van der Waals surface area contributed by atoms with Crippen LogP contribution in [0.5, 0.6) is 0 Å². The fourth-order valence-corrected chi connectivity index (χ4v) is 3.74. The van der Waals surface area contributed by atoms with E-state index < -0.39 is 95.2 Å². The van der Waals surface area contributed by atoms with Gasteiger partial charge in [-0.2, -0.15) is 0 Å². The maximum absolute atomic E-state index is 13.2. The molecular weight excluding hydrogens is 508 g/mol. The summed E-state index contributed by atoms with van der Waals surface area (Å²) in [5, 5.41) is 44.5. The molecule has 38 heavy (non-hydrogen) atoms. The number of hydrogen-bond acceptors (Lipinski definition) is 13. The van der Waals surface area contributed by atoms with Gasteiger partial charge in [0.05, 0.1) is 16.2 Å². The summed E-state index contributed by atoms with van der Waals surface area (Å²) < 4.78 is 26.1. The van der Waals surface area contributed by atoms with Gasteiger partial charge in [-0.15, -0.1) is 0 Å². The molecule has 0 amide bonds. The number of hydrogen-bond donors (Lipinski definition) is 4. The first-order chi connectivity index (χ1) is 16.9. The molecule has 218 valence electrons. The van der Waals surface area contributed by atoms with Crippen molar-refractivity contribution < 1.29 is 63.3 Å². The van der Waals surface area contributed by atoms with Crippen LogP contribution >= 0.6 is 0 Å². The molecule has 0 radical (unpaired) electrons. The molecule has 0 aromatic rings. The summed E-state index contributed by atoms with van der Waals surface area (Å²) in [7, 11) is 0. The maximum atomic E-state index is 13.2. The smallest absolute Gasteiger partial charge is 0.345 e. The summed E-state index contributed by atoms with van der Waals surface area (Å²) in [5.41, 5.74) is -8.72. The molecule has 2 aliphatic rings. The third kappa shape index (κ3) is 5.67. The van der Waals surface area contributed by atoms with Gasteiger partial charge in [-0.05, 0) is 62.3 Å². The highest BCUT2D eigenvalue weighted by Crippen LogP contribution is 2.51. The Morgan fingerprint density at radius 2 is 1.18 bits per heavy atom. The molecule has 13 nitrogen and oxygen atoms in total. The van der Waals surface area contributed by atoms with E-state index in [1.165, 1.54) is 41.5 Å². The highest BCUT2D eigenvalue weighted by Gasteiger charge is 2.81. The lowest BCUT2D eigenvalue weighted by Crippen LogP contribution is -2.67. The van der Waals surface area contributed by atoms with Crippen molar-refractivity contribution in [2.75, 3.05) is 19.8 Å². The average Bonchev–Trinajstić information content (AvgIpc) is 3.10. The summed E-state index contributed by atoms with van der Waals surface area (Å²) in [5.74, 6) is -6.64. The first-order valence-corrected chi connectivity index (χ1v) is 12.2. The van der Waals surface area contributed by atoms with Crippen LogP contribution in [0, 0.1) is 16.2 Å². The Labute approximate surface area is 221 Å². The number of ether oxygens (including phenoxy) is 5. The van der Waals surface area contributed by atoms with Crippen LogP contribution in [0.3, 0.4) is 0 Å². The van der Waals surface area contributed by atoms with Gasteiger partial charge in [-0.3, -0.25) is 14.4 Å². The van der Waals surface area contributed by atoms with Crippen LogP contribution in [0.15, 0.2) is 0 Å². The quantitative estimate of drug-likeness (QED) is 0.247. The van der Waals surface area contributed by atoms with E-state index in [4.69, 9.17) is 23.7 Å². The van der Waals surface area contributed by atoms with Gasteiger partial charge in [0.15, 0.2) is 11.7 Å². The second-order valence-electron chi connectivity index (χ2n) is 12.9. The molecule has 2 rings (SSSR count). The number of cyclic esters (lactones) is 1. The van der Waals surface area contributed by atoms with Crippen molar-refractivity contribution in [3.05, 3.63) is 0 Å². The lowest BCUT2D eigenvalue weighted by Gasteiger charge is -2.39. The standard InChI is InChI=1S/C25H40O13/c1-20(2,3)16(28)34-10-13-23(32,11-35-17(29)21(4,5)6)25(19(31)37-13)15(27)14(26)24(33,38-25)12-36-18(30)22(7,8)9/h13-15,26-27,32-33H,10-12H2,1-9H3/t13-,14-,15+,23+,24+,25+/m1/s1. The normalized spacial score (nSPS) is 33.7.